The summed E-state index contributed by atoms with van der Waals surface area (Å²) >= 11 is 4.45. The first-order valence-electron chi connectivity index (χ1n) is 12.7. The van der Waals surface area contributed by atoms with E-state index in [-0.39, 0.29) is 38.6 Å². The van der Waals surface area contributed by atoms with Crippen LogP contribution >= 0.6 is 27.7 Å². The Morgan fingerprint density at radius 2 is 1.77 bits per heavy atom. The van der Waals surface area contributed by atoms with Gasteiger partial charge in [-0.1, -0.05) is 52.0 Å². The fourth-order valence-corrected chi connectivity index (χ4v) is 6.12. The Balaban J connectivity index is 1.27. The second kappa shape index (κ2) is 11.5. The Labute approximate surface area is 256 Å². The number of hydrazone groups is 1. The van der Waals surface area contributed by atoms with E-state index in [0.717, 1.165) is 27.4 Å². The number of benzene rings is 3. The first kappa shape index (κ1) is 28.9. The molecule has 3 aromatic carbocycles. The molecule has 0 unspecified atom stereocenters. The maximum absolute atomic E-state index is 13.7. The van der Waals surface area contributed by atoms with Gasteiger partial charge < -0.3 is 4.98 Å². The van der Waals surface area contributed by atoms with Crippen molar-refractivity contribution in [1.29, 1.82) is 0 Å². The summed E-state index contributed by atoms with van der Waals surface area (Å²) in [7, 11) is -3.88. The number of carbonyl (C=O) groups is 1. The van der Waals surface area contributed by atoms with Gasteiger partial charge in [-0.05, 0) is 59.7 Å². The van der Waals surface area contributed by atoms with Crippen LogP contribution < -0.4 is 10.7 Å². The van der Waals surface area contributed by atoms with E-state index in [2.05, 4.69) is 36.1 Å². The predicted molar refractivity (Wildman–Crippen MR) is 163 cm³/mol. The number of carbonyl (C=O) groups excluding carboxylic acids is 1. The minimum atomic E-state index is -3.88. The molecule has 1 aliphatic rings. The molecule has 1 aliphatic heterocycles. The number of amides is 1. The number of primary sulfonamides is 1. The summed E-state index contributed by atoms with van der Waals surface area (Å²) in [4.78, 5) is 33.4. The summed E-state index contributed by atoms with van der Waals surface area (Å²) in [5.74, 6) is -0.809. The number of nitrogens with one attached hydrogen (secondary N) is 1. The summed E-state index contributed by atoms with van der Waals surface area (Å²) < 4.78 is 39.2. The van der Waals surface area contributed by atoms with Crippen molar-refractivity contribution in [2.45, 2.75) is 22.5 Å². The van der Waals surface area contributed by atoms with Crippen LogP contribution in [-0.4, -0.2) is 50.5 Å². The first-order valence-corrected chi connectivity index (χ1v) is 16.0. The lowest BCUT2D eigenvalue weighted by Gasteiger charge is -2.22. The quantitative estimate of drug-likeness (QED) is 0.193. The van der Waals surface area contributed by atoms with Crippen LogP contribution in [0.15, 0.2) is 103 Å². The molecule has 0 bridgehead atoms. The third-order valence-corrected chi connectivity index (χ3v) is 9.07. The standard InChI is InChI=1S/C28H21BrFN7O4S2/c29-18-5-1-16(2-6-18)23-13-24(17-3-7-19(30)8-4-17)37(35-23)25(38)15-42-28-33-26-22(27(39)34-28)14-32-36(26)20-9-11-21(12-10-20)43(31,40)41/h1-12,14,24H,13,15H2,(H2,31,40,41)(H,33,34,39)/t24-/m1/s1. The molecule has 0 fully saturated rings. The average Bonchev–Trinajstić information content (AvgIpc) is 3.62. The molecule has 3 heterocycles. The number of sulfonamides is 1. The van der Waals surface area contributed by atoms with Crippen molar-refractivity contribution in [3.05, 3.63) is 111 Å². The van der Waals surface area contributed by atoms with Crippen molar-refractivity contribution < 1.29 is 17.6 Å². The second-order valence-electron chi connectivity index (χ2n) is 9.56. The monoisotopic (exact) mass is 681 g/mol. The van der Waals surface area contributed by atoms with Gasteiger partial charge in [0, 0.05) is 10.9 Å². The zero-order valence-corrected chi connectivity index (χ0v) is 25.2. The molecule has 0 saturated carbocycles. The predicted octanol–water partition coefficient (Wildman–Crippen LogP) is 4.13. The van der Waals surface area contributed by atoms with Crippen LogP contribution in [0.5, 0.6) is 0 Å². The van der Waals surface area contributed by atoms with Crippen molar-refractivity contribution in [2.75, 3.05) is 5.75 Å². The van der Waals surface area contributed by atoms with E-state index in [1.54, 1.807) is 12.1 Å². The fourth-order valence-electron chi connectivity index (χ4n) is 4.63. The lowest BCUT2D eigenvalue weighted by molar-refractivity contribution is -0.130. The number of hydrogen-bond acceptors (Lipinski definition) is 8. The molecule has 0 saturated heterocycles. The molecule has 0 radical (unpaired) electrons. The third kappa shape index (κ3) is 6.01. The van der Waals surface area contributed by atoms with E-state index >= 15 is 0 Å². The molecular formula is C28H21BrFN7O4S2. The van der Waals surface area contributed by atoms with Gasteiger partial charge in [0.1, 0.15) is 11.2 Å². The van der Waals surface area contributed by atoms with Gasteiger partial charge in [0.2, 0.25) is 10.0 Å². The van der Waals surface area contributed by atoms with Crippen LogP contribution in [0.4, 0.5) is 4.39 Å². The van der Waals surface area contributed by atoms with Gasteiger partial charge >= 0.3 is 0 Å². The van der Waals surface area contributed by atoms with Gasteiger partial charge in [0.15, 0.2) is 10.8 Å². The molecular weight excluding hydrogens is 661 g/mol. The minimum Gasteiger partial charge on any atom is -0.301 e. The molecule has 11 nitrogen and oxygen atoms in total. The van der Waals surface area contributed by atoms with Crippen LogP contribution in [0.2, 0.25) is 0 Å². The fraction of sp³-hybridized carbons (Fsp3) is 0.107. The maximum atomic E-state index is 13.7. The summed E-state index contributed by atoms with van der Waals surface area (Å²) in [6, 6.07) is 18.8. The number of fused-ring (bicyclic) bond motifs is 1. The highest BCUT2D eigenvalue weighted by Crippen LogP contribution is 2.34. The molecule has 5 aromatic rings. The van der Waals surface area contributed by atoms with Crippen molar-refractivity contribution in [3.8, 4) is 5.69 Å². The molecule has 218 valence electrons. The van der Waals surface area contributed by atoms with Crippen LogP contribution in [0.3, 0.4) is 0 Å². The number of hydrogen-bond donors (Lipinski definition) is 2. The lowest BCUT2D eigenvalue weighted by Crippen LogP contribution is -2.28. The summed E-state index contributed by atoms with van der Waals surface area (Å²) in [5.41, 5.74) is 2.55. The zero-order chi connectivity index (χ0) is 30.3. The van der Waals surface area contributed by atoms with Gasteiger partial charge in [-0.25, -0.2) is 32.6 Å². The van der Waals surface area contributed by atoms with E-state index in [1.165, 1.54) is 52.3 Å². The largest absolute Gasteiger partial charge is 0.301 e. The molecule has 1 atom stereocenters. The van der Waals surface area contributed by atoms with Crippen LogP contribution in [0.25, 0.3) is 16.7 Å². The molecule has 1 amide bonds. The number of aromatic amines is 1. The Hall–Kier alpha value is -4.18. The van der Waals surface area contributed by atoms with Crippen LogP contribution in [-0.2, 0) is 14.8 Å². The van der Waals surface area contributed by atoms with Crippen molar-refractivity contribution in [2.24, 2.45) is 10.2 Å². The van der Waals surface area contributed by atoms with Gasteiger partial charge in [0.05, 0.1) is 34.3 Å². The maximum Gasteiger partial charge on any atom is 0.262 e. The van der Waals surface area contributed by atoms with E-state index in [9.17, 15) is 22.4 Å². The second-order valence-corrected chi connectivity index (χ2v) is 13.0. The number of nitrogens with zero attached hydrogens (tertiary/aromatic N) is 5. The summed E-state index contributed by atoms with van der Waals surface area (Å²) in [5, 5.41) is 15.8. The Bertz CT molecular complexity index is 2050. The normalized spacial score (nSPS) is 15.2. The third-order valence-electron chi connectivity index (χ3n) is 6.76. The van der Waals surface area contributed by atoms with E-state index in [0.29, 0.717) is 17.8 Å². The number of thioether (sulfide) groups is 1. The van der Waals surface area contributed by atoms with E-state index < -0.39 is 21.6 Å². The number of halogens is 2. The first-order chi connectivity index (χ1) is 20.6. The number of nitrogens with two attached hydrogens (primary N) is 1. The van der Waals surface area contributed by atoms with Gasteiger partial charge in [-0.15, -0.1) is 0 Å². The van der Waals surface area contributed by atoms with Crippen LogP contribution in [0, 0.1) is 5.82 Å². The average molecular weight is 683 g/mol. The minimum absolute atomic E-state index is 0.0694. The molecule has 0 spiro atoms. The molecule has 43 heavy (non-hydrogen) atoms. The molecule has 3 N–H and O–H groups in total. The number of aromatic nitrogens is 4. The van der Waals surface area contributed by atoms with Crippen molar-refractivity contribution >= 4 is 60.4 Å². The van der Waals surface area contributed by atoms with E-state index in [1.807, 2.05) is 24.3 Å². The van der Waals surface area contributed by atoms with Gasteiger partial charge in [-0.2, -0.15) is 10.2 Å². The highest BCUT2D eigenvalue weighted by Gasteiger charge is 2.33. The number of H-pyrrole nitrogens is 1. The number of rotatable bonds is 7. The summed E-state index contributed by atoms with van der Waals surface area (Å²) in [6.45, 7) is 0. The SMILES string of the molecule is NS(=O)(=O)c1ccc(-n2ncc3c(=O)[nH]c(SCC(=O)N4N=C(c5ccc(Br)cc5)C[C@@H]4c4ccc(F)cc4)nc32)cc1. The zero-order valence-electron chi connectivity index (χ0n) is 22.0. The Morgan fingerprint density at radius 3 is 2.44 bits per heavy atom. The lowest BCUT2D eigenvalue weighted by atomic mass is 9.98. The molecule has 0 aliphatic carbocycles. The van der Waals surface area contributed by atoms with E-state index in [4.69, 9.17) is 5.14 Å². The topological polar surface area (TPSA) is 156 Å². The van der Waals surface area contributed by atoms with Crippen LogP contribution in [0.1, 0.15) is 23.6 Å². The molecule has 6 rings (SSSR count). The van der Waals surface area contributed by atoms with Gasteiger partial charge in [0.25, 0.3) is 11.5 Å². The summed E-state index contributed by atoms with van der Waals surface area (Å²) in [6.07, 6.45) is 1.79. The molecule has 2 aromatic heterocycles. The van der Waals surface area contributed by atoms with Gasteiger partial charge in [-0.3, -0.25) is 9.59 Å². The highest BCUT2D eigenvalue weighted by molar-refractivity contribution is 9.10. The Morgan fingerprint density at radius 1 is 1.07 bits per heavy atom. The van der Waals surface area contributed by atoms with Crippen molar-refractivity contribution in [1.82, 2.24) is 24.8 Å². The Kier molecular flexibility index (Phi) is 7.72. The molecule has 15 heteroatoms. The van der Waals surface area contributed by atoms with Crippen molar-refractivity contribution in [3.63, 3.8) is 0 Å². The highest BCUT2D eigenvalue weighted by atomic mass is 79.9. The smallest absolute Gasteiger partial charge is 0.262 e.